The van der Waals surface area contributed by atoms with Crippen molar-refractivity contribution in [1.82, 2.24) is 0 Å². The molecule has 1 aromatic carbocycles. The van der Waals surface area contributed by atoms with Gasteiger partial charge in [0.15, 0.2) is 0 Å². The number of ether oxygens (including phenoxy) is 1. The van der Waals surface area contributed by atoms with Gasteiger partial charge in [-0.2, -0.15) is 5.26 Å². The summed E-state index contributed by atoms with van der Waals surface area (Å²) in [5, 5.41) is 11.2. The minimum atomic E-state index is -0.291. The first-order valence-electron chi connectivity index (χ1n) is 5.85. The molecular weight excluding hydrogens is 228 g/mol. The first kappa shape index (κ1) is 14.0. The molecular formula is C14H18N2O2. The van der Waals surface area contributed by atoms with Gasteiger partial charge in [-0.25, -0.2) is 0 Å². The minimum absolute atomic E-state index is 0.136. The molecule has 0 spiro atoms. The summed E-state index contributed by atoms with van der Waals surface area (Å²) in [4.78, 5) is 11.4. The number of hydrogen-bond acceptors (Lipinski definition) is 3. The van der Waals surface area contributed by atoms with E-state index in [2.05, 4.69) is 19.2 Å². The van der Waals surface area contributed by atoms with E-state index >= 15 is 0 Å². The molecule has 18 heavy (non-hydrogen) atoms. The van der Waals surface area contributed by atoms with Gasteiger partial charge < -0.3 is 10.1 Å². The average Bonchev–Trinajstić information content (AvgIpc) is 2.31. The Balaban J connectivity index is 3.10. The van der Waals surface area contributed by atoms with Crippen LogP contribution in [0.2, 0.25) is 0 Å². The van der Waals surface area contributed by atoms with Crippen LogP contribution in [0.3, 0.4) is 0 Å². The third-order valence-electron chi connectivity index (χ3n) is 2.71. The van der Waals surface area contributed by atoms with E-state index in [1.807, 2.05) is 25.1 Å². The summed E-state index contributed by atoms with van der Waals surface area (Å²) in [6.45, 7) is 6.02. The van der Waals surface area contributed by atoms with Crippen LogP contribution < -0.4 is 10.1 Å². The summed E-state index contributed by atoms with van der Waals surface area (Å²) in [7, 11) is 1.63. The predicted octanol–water partition coefficient (Wildman–Crippen LogP) is 2.98. The van der Waals surface area contributed by atoms with E-state index < -0.39 is 0 Å². The number of nitrogens with one attached hydrogen (secondary N) is 1. The van der Waals surface area contributed by atoms with Crippen molar-refractivity contribution in [1.29, 1.82) is 5.26 Å². The smallest absolute Gasteiger partial charge is 0.238 e. The fourth-order valence-corrected chi connectivity index (χ4v) is 1.73. The van der Waals surface area contributed by atoms with Crippen molar-refractivity contribution in [3.8, 4) is 11.8 Å². The van der Waals surface area contributed by atoms with Gasteiger partial charge in [-0.05, 0) is 36.1 Å². The predicted molar refractivity (Wildman–Crippen MR) is 70.7 cm³/mol. The van der Waals surface area contributed by atoms with E-state index in [1.165, 1.54) is 0 Å². The monoisotopic (exact) mass is 246 g/mol. The largest absolute Gasteiger partial charge is 0.496 e. The number of hydrogen-bond donors (Lipinski definition) is 1. The Hall–Kier alpha value is -2.02. The number of amides is 1. The molecule has 0 heterocycles. The lowest BCUT2D eigenvalue weighted by Gasteiger charge is -2.16. The van der Waals surface area contributed by atoms with Crippen LogP contribution in [-0.4, -0.2) is 13.0 Å². The van der Waals surface area contributed by atoms with Crippen LogP contribution in [0.1, 0.15) is 37.3 Å². The van der Waals surface area contributed by atoms with Crippen molar-refractivity contribution in [2.24, 2.45) is 0 Å². The number of carbonyl (C=O) groups excluding carboxylic acids is 1. The number of carbonyl (C=O) groups is 1. The Morgan fingerprint density at radius 2 is 2.17 bits per heavy atom. The maximum absolute atomic E-state index is 11.4. The Morgan fingerprint density at radius 1 is 1.50 bits per heavy atom. The Kier molecular flexibility index (Phi) is 4.73. The number of aryl methyl sites for hydroxylation is 1. The molecule has 4 heteroatoms. The number of nitriles is 1. The third-order valence-corrected chi connectivity index (χ3v) is 2.71. The van der Waals surface area contributed by atoms with Crippen LogP contribution in [0.4, 0.5) is 5.69 Å². The van der Waals surface area contributed by atoms with Crippen LogP contribution in [0.15, 0.2) is 12.1 Å². The first-order valence-corrected chi connectivity index (χ1v) is 5.85. The molecule has 0 aromatic heterocycles. The van der Waals surface area contributed by atoms with Crippen molar-refractivity contribution in [2.45, 2.75) is 33.1 Å². The number of anilines is 1. The normalized spacial score (nSPS) is 10.0. The van der Waals surface area contributed by atoms with E-state index in [9.17, 15) is 4.79 Å². The molecule has 0 radical (unpaired) electrons. The summed E-state index contributed by atoms with van der Waals surface area (Å²) < 4.78 is 5.33. The number of nitrogens with zero attached hydrogens (tertiary/aromatic N) is 1. The molecule has 1 amide bonds. The van der Waals surface area contributed by atoms with Gasteiger partial charge in [0.25, 0.3) is 0 Å². The third kappa shape index (κ3) is 3.24. The molecule has 0 fully saturated rings. The maximum Gasteiger partial charge on any atom is 0.238 e. The van der Waals surface area contributed by atoms with Gasteiger partial charge in [0, 0.05) is 5.69 Å². The van der Waals surface area contributed by atoms with Gasteiger partial charge in [0.1, 0.15) is 12.2 Å². The zero-order valence-electron chi connectivity index (χ0n) is 11.2. The van der Waals surface area contributed by atoms with E-state index in [1.54, 1.807) is 7.11 Å². The topological polar surface area (TPSA) is 62.1 Å². The molecule has 4 nitrogen and oxygen atoms in total. The second-order valence-corrected chi connectivity index (χ2v) is 4.45. The van der Waals surface area contributed by atoms with Crippen LogP contribution >= 0.6 is 0 Å². The maximum atomic E-state index is 11.4. The summed E-state index contributed by atoms with van der Waals surface area (Å²) in [5.41, 5.74) is 2.69. The molecule has 96 valence electrons. The second-order valence-electron chi connectivity index (χ2n) is 4.45. The number of benzene rings is 1. The fourth-order valence-electron chi connectivity index (χ4n) is 1.73. The SMILES string of the molecule is COc1cc(C)c(NC(=O)CC#N)cc1C(C)C. The zero-order chi connectivity index (χ0) is 13.7. The highest BCUT2D eigenvalue weighted by Crippen LogP contribution is 2.31. The summed E-state index contributed by atoms with van der Waals surface area (Å²) in [6.07, 6.45) is -0.136. The highest BCUT2D eigenvalue weighted by atomic mass is 16.5. The van der Waals surface area contributed by atoms with E-state index in [-0.39, 0.29) is 12.3 Å². The lowest BCUT2D eigenvalue weighted by atomic mass is 9.99. The quantitative estimate of drug-likeness (QED) is 0.888. The summed E-state index contributed by atoms with van der Waals surface area (Å²) in [6, 6.07) is 5.64. The molecule has 1 aromatic rings. The van der Waals surface area contributed by atoms with Gasteiger partial charge in [0.05, 0.1) is 13.2 Å². The van der Waals surface area contributed by atoms with Crippen molar-refractivity contribution < 1.29 is 9.53 Å². The lowest BCUT2D eigenvalue weighted by molar-refractivity contribution is -0.115. The molecule has 1 N–H and O–H groups in total. The van der Waals surface area contributed by atoms with Gasteiger partial charge >= 0.3 is 0 Å². The van der Waals surface area contributed by atoms with Crippen LogP contribution in [0, 0.1) is 18.3 Å². The molecule has 0 unspecified atom stereocenters. The second kappa shape index (κ2) is 6.06. The van der Waals surface area contributed by atoms with Crippen molar-refractivity contribution in [3.63, 3.8) is 0 Å². The molecule has 0 atom stereocenters. The van der Waals surface area contributed by atoms with Gasteiger partial charge in [-0.3, -0.25) is 4.79 Å². The molecule has 1 rings (SSSR count). The van der Waals surface area contributed by atoms with Crippen molar-refractivity contribution in [2.75, 3.05) is 12.4 Å². The highest BCUT2D eigenvalue weighted by molar-refractivity contribution is 5.93. The summed E-state index contributed by atoms with van der Waals surface area (Å²) in [5.74, 6) is 0.827. The number of rotatable bonds is 4. The number of methoxy groups -OCH3 is 1. The van der Waals surface area contributed by atoms with Crippen molar-refractivity contribution in [3.05, 3.63) is 23.3 Å². The van der Waals surface area contributed by atoms with E-state index in [0.29, 0.717) is 5.92 Å². The molecule has 0 saturated heterocycles. The van der Waals surface area contributed by atoms with E-state index in [4.69, 9.17) is 10.00 Å². The van der Waals surface area contributed by atoms with Crippen molar-refractivity contribution >= 4 is 11.6 Å². The first-order chi connectivity index (χ1) is 8.49. The van der Waals surface area contributed by atoms with Gasteiger partial charge in [0.2, 0.25) is 5.91 Å². The standard InChI is InChI=1S/C14H18N2O2/c1-9(2)11-8-12(16-14(17)5-6-15)10(3)7-13(11)18-4/h7-9H,5H2,1-4H3,(H,16,17). The molecule has 0 bridgehead atoms. The van der Waals surface area contributed by atoms with Crippen LogP contribution in [-0.2, 0) is 4.79 Å². The lowest BCUT2D eigenvalue weighted by Crippen LogP contribution is -2.12. The molecule has 0 aliphatic rings. The average molecular weight is 246 g/mol. The Bertz CT molecular complexity index is 487. The van der Waals surface area contributed by atoms with Gasteiger partial charge in [-0.15, -0.1) is 0 Å². The van der Waals surface area contributed by atoms with Gasteiger partial charge in [-0.1, -0.05) is 13.8 Å². The zero-order valence-corrected chi connectivity index (χ0v) is 11.2. The van der Waals surface area contributed by atoms with Crippen LogP contribution in [0.5, 0.6) is 5.75 Å². The fraction of sp³-hybridized carbons (Fsp3) is 0.429. The Labute approximate surface area is 108 Å². The van der Waals surface area contributed by atoms with Crippen LogP contribution in [0.25, 0.3) is 0 Å². The molecule has 0 aliphatic heterocycles. The molecule has 0 saturated carbocycles. The van der Waals surface area contributed by atoms with E-state index in [0.717, 1.165) is 22.6 Å². The Morgan fingerprint density at radius 3 is 2.67 bits per heavy atom. The highest BCUT2D eigenvalue weighted by Gasteiger charge is 2.12. The minimum Gasteiger partial charge on any atom is -0.496 e. The summed E-state index contributed by atoms with van der Waals surface area (Å²) >= 11 is 0. The molecule has 0 aliphatic carbocycles.